The molecule has 36 heavy (non-hydrogen) atoms. The number of carbonyl (C=O) groups excluding carboxylic acids is 1. The summed E-state index contributed by atoms with van der Waals surface area (Å²) in [6.45, 7) is 6.28. The van der Waals surface area contributed by atoms with Crippen molar-refractivity contribution in [1.82, 2.24) is 20.2 Å². The van der Waals surface area contributed by atoms with Gasteiger partial charge in [-0.2, -0.15) is 4.68 Å². The lowest BCUT2D eigenvalue weighted by Crippen LogP contribution is -2.31. The van der Waals surface area contributed by atoms with Crippen LogP contribution in [0.2, 0.25) is 5.02 Å². The van der Waals surface area contributed by atoms with Crippen LogP contribution in [-0.4, -0.2) is 26.1 Å². The summed E-state index contributed by atoms with van der Waals surface area (Å²) in [5.41, 5.74) is 5.99. The number of amides is 1. The number of ether oxygens (including phenoxy) is 1. The molecule has 3 aromatic carbocycles. The average molecular weight is 501 g/mol. The molecule has 5 rings (SSSR count). The van der Waals surface area contributed by atoms with E-state index in [1.807, 2.05) is 87.5 Å². The molecule has 0 saturated heterocycles. The molecule has 1 aliphatic heterocycles. The van der Waals surface area contributed by atoms with Gasteiger partial charge in [0.15, 0.2) is 0 Å². The van der Waals surface area contributed by atoms with Crippen LogP contribution in [0.4, 0.5) is 11.6 Å². The number of nitrogens with one attached hydrogen (secondary N) is 2. The highest BCUT2D eigenvalue weighted by molar-refractivity contribution is 6.30. The molecule has 9 heteroatoms. The number of hydrogen-bond acceptors (Lipinski definition) is 6. The standard InChI is InChI=1S/C27H25ClN6O2/c1-16-5-4-6-23(17(16)2)30-26(35)24-18(3)29-27-31-32-33-34(27)25(24)20-9-13-22(14-10-20)36-15-19-7-11-21(28)12-8-19/h4-14,25H,15H2,1-3H3,(H,30,35)(H,29,31,33). The second-order valence-corrected chi connectivity index (χ2v) is 9.14. The maximum absolute atomic E-state index is 13.6. The quantitative estimate of drug-likeness (QED) is 0.365. The van der Waals surface area contributed by atoms with Crippen molar-refractivity contribution in [2.45, 2.75) is 33.4 Å². The third kappa shape index (κ3) is 4.67. The lowest BCUT2D eigenvalue weighted by atomic mass is 9.94. The van der Waals surface area contributed by atoms with Crippen LogP contribution in [-0.2, 0) is 11.4 Å². The van der Waals surface area contributed by atoms with E-state index in [1.165, 1.54) is 0 Å². The van der Waals surface area contributed by atoms with Crippen molar-refractivity contribution >= 4 is 29.1 Å². The molecule has 2 N–H and O–H groups in total. The largest absolute Gasteiger partial charge is 0.489 e. The second-order valence-electron chi connectivity index (χ2n) is 8.70. The van der Waals surface area contributed by atoms with Crippen LogP contribution in [0.3, 0.4) is 0 Å². The molecule has 0 radical (unpaired) electrons. The topological polar surface area (TPSA) is 94.0 Å². The maximum atomic E-state index is 13.6. The summed E-state index contributed by atoms with van der Waals surface area (Å²) >= 11 is 5.96. The number of tetrazole rings is 1. The minimum Gasteiger partial charge on any atom is -0.489 e. The number of hydrogen-bond donors (Lipinski definition) is 2. The van der Waals surface area contributed by atoms with Gasteiger partial charge in [0, 0.05) is 16.4 Å². The van der Waals surface area contributed by atoms with Gasteiger partial charge in [0.25, 0.3) is 5.91 Å². The van der Waals surface area contributed by atoms with Crippen LogP contribution in [0, 0.1) is 13.8 Å². The van der Waals surface area contributed by atoms with E-state index in [-0.39, 0.29) is 5.91 Å². The molecule has 8 nitrogen and oxygen atoms in total. The fourth-order valence-corrected chi connectivity index (χ4v) is 4.31. The van der Waals surface area contributed by atoms with E-state index in [0.717, 1.165) is 27.9 Å². The molecule has 4 aromatic rings. The highest BCUT2D eigenvalue weighted by Gasteiger charge is 2.34. The summed E-state index contributed by atoms with van der Waals surface area (Å²) in [4.78, 5) is 13.6. The smallest absolute Gasteiger partial charge is 0.255 e. The molecule has 0 fully saturated rings. The SMILES string of the molecule is CC1=C(C(=O)Nc2cccc(C)c2C)C(c2ccc(OCc3ccc(Cl)cc3)cc2)n2nnnc2N1. The van der Waals surface area contributed by atoms with E-state index < -0.39 is 6.04 Å². The summed E-state index contributed by atoms with van der Waals surface area (Å²) in [7, 11) is 0. The Labute approximate surface area is 213 Å². The summed E-state index contributed by atoms with van der Waals surface area (Å²) in [6, 6.07) is 20.5. The van der Waals surface area contributed by atoms with Gasteiger partial charge in [-0.25, -0.2) is 0 Å². The maximum Gasteiger partial charge on any atom is 0.255 e. The van der Waals surface area contributed by atoms with Crippen molar-refractivity contribution in [3.8, 4) is 5.75 Å². The number of carbonyl (C=O) groups is 1. The van der Waals surface area contributed by atoms with Crippen LogP contribution in [0.15, 0.2) is 78.0 Å². The van der Waals surface area contributed by atoms with E-state index in [0.29, 0.717) is 34.6 Å². The minimum atomic E-state index is -0.508. The first kappa shape index (κ1) is 23.6. The van der Waals surface area contributed by atoms with Gasteiger partial charge < -0.3 is 15.4 Å². The number of rotatable bonds is 6. The number of allylic oxidation sites excluding steroid dienone is 1. The molecule has 1 aromatic heterocycles. The summed E-state index contributed by atoms with van der Waals surface area (Å²) < 4.78 is 7.55. The van der Waals surface area contributed by atoms with Gasteiger partial charge in [-0.15, -0.1) is 0 Å². The zero-order valence-corrected chi connectivity index (χ0v) is 20.9. The lowest BCUT2D eigenvalue weighted by Gasteiger charge is -2.28. The van der Waals surface area contributed by atoms with Crippen molar-refractivity contribution in [1.29, 1.82) is 0 Å². The molecule has 182 valence electrons. The van der Waals surface area contributed by atoms with Gasteiger partial charge in [0.05, 0.1) is 5.57 Å². The minimum absolute atomic E-state index is 0.220. The van der Waals surface area contributed by atoms with E-state index in [9.17, 15) is 4.79 Å². The van der Waals surface area contributed by atoms with Crippen LogP contribution in [0.1, 0.15) is 35.2 Å². The van der Waals surface area contributed by atoms with E-state index in [2.05, 4.69) is 26.2 Å². The molecule has 0 spiro atoms. The Bertz CT molecular complexity index is 1440. The molecular weight excluding hydrogens is 476 g/mol. The summed E-state index contributed by atoms with van der Waals surface area (Å²) in [5.74, 6) is 0.966. The zero-order chi connectivity index (χ0) is 25.2. The zero-order valence-electron chi connectivity index (χ0n) is 20.1. The summed E-state index contributed by atoms with van der Waals surface area (Å²) in [6.07, 6.45) is 0. The van der Waals surface area contributed by atoms with Crippen molar-refractivity contribution in [3.63, 3.8) is 0 Å². The number of aromatic nitrogens is 4. The number of halogens is 1. The fraction of sp³-hybridized carbons (Fsp3) is 0.185. The second kappa shape index (κ2) is 9.83. The first-order valence-electron chi connectivity index (χ1n) is 11.5. The van der Waals surface area contributed by atoms with Gasteiger partial charge in [-0.3, -0.25) is 4.79 Å². The molecule has 0 saturated carbocycles. The van der Waals surface area contributed by atoms with Gasteiger partial charge in [0.2, 0.25) is 5.95 Å². The number of anilines is 2. The van der Waals surface area contributed by atoms with Crippen LogP contribution >= 0.6 is 11.6 Å². The fourth-order valence-electron chi connectivity index (χ4n) is 4.18. The molecule has 1 unspecified atom stereocenters. The normalized spacial score (nSPS) is 14.7. The lowest BCUT2D eigenvalue weighted by molar-refractivity contribution is -0.113. The number of aryl methyl sites for hydroxylation is 1. The van der Waals surface area contributed by atoms with Crippen molar-refractivity contribution < 1.29 is 9.53 Å². The third-order valence-corrected chi connectivity index (χ3v) is 6.58. The molecule has 1 aliphatic rings. The Kier molecular flexibility index (Phi) is 6.43. The van der Waals surface area contributed by atoms with Crippen molar-refractivity contribution in [2.24, 2.45) is 0 Å². The van der Waals surface area contributed by atoms with Crippen LogP contribution < -0.4 is 15.4 Å². The third-order valence-electron chi connectivity index (χ3n) is 6.33. The van der Waals surface area contributed by atoms with Gasteiger partial charge in [-0.05, 0) is 83.8 Å². The average Bonchev–Trinajstić information content (AvgIpc) is 3.34. The molecule has 0 aliphatic carbocycles. The number of nitrogens with zero attached hydrogens (tertiary/aromatic N) is 4. The monoisotopic (exact) mass is 500 g/mol. The number of fused-ring (bicyclic) bond motifs is 1. The Morgan fingerprint density at radius 2 is 1.81 bits per heavy atom. The first-order valence-corrected chi connectivity index (χ1v) is 11.9. The van der Waals surface area contributed by atoms with Gasteiger partial charge in [0.1, 0.15) is 18.4 Å². The molecule has 1 amide bonds. The Hall–Kier alpha value is -4.17. The molecule has 1 atom stereocenters. The Morgan fingerprint density at radius 1 is 1.06 bits per heavy atom. The van der Waals surface area contributed by atoms with Crippen molar-refractivity contribution in [2.75, 3.05) is 10.6 Å². The Balaban J connectivity index is 1.42. The number of benzene rings is 3. The van der Waals surface area contributed by atoms with Crippen LogP contribution in [0.5, 0.6) is 5.75 Å². The Morgan fingerprint density at radius 3 is 2.56 bits per heavy atom. The van der Waals surface area contributed by atoms with Gasteiger partial charge in [-0.1, -0.05) is 53.1 Å². The highest BCUT2D eigenvalue weighted by atomic mass is 35.5. The van der Waals surface area contributed by atoms with Gasteiger partial charge >= 0.3 is 0 Å². The predicted molar refractivity (Wildman–Crippen MR) is 139 cm³/mol. The molecule has 2 heterocycles. The molecule has 0 bridgehead atoms. The van der Waals surface area contributed by atoms with Crippen molar-refractivity contribution in [3.05, 3.63) is 105 Å². The predicted octanol–water partition coefficient (Wildman–Crippen LogP) is 5.45. The molecular formula is C27H25ClN6O2. The first-order chi connectivity index (χ1) is 17.4. The van der Waals surface area contributed by atoms with E-state index in [1.54, 1.807) is 4.68 Å². The van der Waals surface area contributed by atoms with Crippen LogP contribution in [0.25, 0.3) is 0 Å². The highest BCUT2D eigenvalue weighted by Crippen LogP contribution is 2.36. The summed E-state index contributed by atoms with van der Waals surface area (Å²) in [5, 5.41) is 18.9. The van der Waals surface area contributed by atoms with E-state index >= 15 is 0 Å². The van der Waals surface area contributed by atoms with E-state index in [4.69, 9.17) is 16.3 Å².